The van der Waals surface area contributed by atoms with Crippen molar-refractivity contribution < 1.29 is 14.3 Å². The SMILES string of the molecule is C/C=C/CCC1=C(C(=O)OCC)CC(C(C)[Se]c2ccccc2)O1. The monoisotopic (exact) mass is 394 g/mol. The van der Waals surface area contributed by atoms with Crippen LogP contribution in [0.25, 0.3) is 0 Å². The first-order valence-electron chi connectivity index (χ1n) is 8.54. The van der Waals surface area contributed by atoms with Gasteiger partial charge in [-0.15, -0.1) is 0 Å². The number of allylic oxidation sites excluding steroid dienone is 3. The molecular formula is C20H26O3Se. The molecule has 0 saturated carbocycles. The molecule has 1 aliphatic heterocycles. The molecule has 1 heterocycles. The van der Waals surface area contributed by atoms with Crippen LogP contribution in [0.2, 0.25) is 4.82 Å². The summed E-state index contributed by atoms with van der Waals surface area (Å²) in [6, 6.07) is 10.5. The Morgan fingerprint density at radius 1 is 1.42 bits per heavy atom. The fourth-order valence-corrected chi connectivity index (χ4v) is 4.87. The molecule has 1 aromatic carbocycles. The number of hydrogen-bond donors (Lipinski definition) is 0. The van der Waals surface area contributed by atoms with Crippen LogP contribution < -0.4 is 4.46 Å². The van der Waals surface area contributed by atoms with E-state index in [1.54, 1.807) is 0 Å². The van der Waals surface area contributed by atoms with E-state index in [2.05, 4.69) is 37.3 Å². The van der Waals surface area contributed by atoms with Crippen LogP contribution in [0, 0.1) is 0 Å². The Hall–Kier alpha value is -1.51. The van der Waals surface area contributed by atoms with Gasteiger partial charge in [0.15, 0.2) is 0 Å². The summed E-state index contributed by atoms with van der Waals surface area (Å²) in [6.45, 7) is 6.46. The maximum atomic E-state index is 12.2. The van der Waals surface area contributed by atoms with Gasteiger partial charge in [-0.05, 0) is 0 Å². The van der Waals surface area contributed by atoms with Crippen LogP contribution in [0.1, 0.15) is 40.0 Å². The quantitative estimate of drug-likeness (QED) is 0.383. The summed E-state index contributed by atoms with van der Waals surface area (Å²) in [7, 11) is 0. The average molecular weight is 393 g/mol. The second-order valence-electron chi connectivity index (χ2n) is 5.73. The summed E-state index contributed by atoms with van der Waals surface area (Å²) in [5.41, 5.74) is 0.738. The van der Waals surface area contributed by atoms with Crippen molar-refractivity contribution in [2.75, 3.05) is 6.61 Å². The number of carbonyl (C=O) groups is 1. The number of hydrogen-bond acceptors (Lipinski definition) is 3. The van der Waals surface area contributed by atoms with E-state index in [-0.39, 0.29) is 12.1 Å². The summed E-state index contributed by atoms with van der Waals surface area (Å²) in [5, 5.41) is 0. The number of carbonyl (C=O) groups excluding carboxylic acids is 1. The van der Waals surface area contributed by atoms with E-state index in [1.165, 1.54) is 4.46 Å². The third-order valence-electron chi connectivity index (χ3n) is 3.92. The van der Waals surface area contributed by atoms with E-state index in [0.717, 1.165) is 24.2 Å². The number of esters is 1. The molecule has 0 saturated heterocycles. The van der Waals surface area contributed by atoms with Crippen LogP contribution >= 0.6 is 0 Å². The average Bonchev–Trinajstić information content (AvgIpc) is 3.01. The van der Waals surface area contributed by atoms with Crippen LogP contribution in [0.5, 0.6) is 0 Å². The van der Waals surface area contributed by atoms with Crippen LogP contribution in [0.3, 0.4) is 0 Å². The van der Waals surface area contributed by atoms with Gasteiger partial charge in [0.2, 0.25) is 0 Å². The van der Waals surface area contributed by atoms with Gasteiger partial charge in [-0.1, -0.05) is 0 Å². The molecule has 0 bridgehead atoms. The van der Waals surface area contributed by atoms with Gasteiger partial charge in [0.05, 0.1) is 0 Å². The molecule has 2 atom stereocenters. The van der Waals surface area contributed by atoms with Crippen molar-refractivity contribution in [2.45, 2.75) is 51.0 Å². The van der Waals surface area contributed by atoms with Crippen LogP contribution in [0.15, 0.2) is 53.8 Å². The first kappa shape index (κ1) is 18.8. The second kappa shape index (κ2) is 9.70. The van der Waals surface area contributed by atoms with Crippen molar-refractivity contribution in [1.82, 2.24) is 0 Å². The van der Waals surface area contributed by atoms with Crippen LogP contribution in [0.4, 0.5) is 0 Å². The van der Waals surface area contributed by atoms with E-state index < -0.39 is 0 Å². The van der Waals surface area contributed by atoms with Gasteiger partial charge in [-0.25, -0.2) is 0 Å². The molecule has 1 aromatic rings. The van der Waals surface area contributed by atoms with Crippen molar-refractivity contribution in [3.8, 4) is 0 Å². The number of ether oxygens (including phenoxy) is 2. The molecule has 0 amide bonds. The van der Waals surface area contributed by atoms with E-state index >= 15 is 0 Å². The molecule has 0 aliphatic carbocycles. The van der Waals surface area contributed by atoms with Crippen molar-refractivity contribution in [3.05, 3.63) is 53.8 Å². The third kappa shape index (κ3) is 5.25. The van der Waals surface area contributed by atoms with Crippen LogP contribution in [-0.2, 0) is 14.3 Å². The standard InChI is InChI=1S/C20H26O3Se/c1-4-6-8-13-18-17(20(21)22-5-2)14-19(23-18)15(3)24-16-11-9-7-10-12-16/h4,6-7,9-12,15,19H,5,8,13-14H2,1-3H3/b6-4+. The molecule has 24 heavy (non-hydrogen) atoms. The molecule has 3 nitrogen and oxygen atoms in total. The zero-order valence-corrected chi connectivity index (χ0v) is 16.4. The van der Waals surface area contributed by atoms with Gasteiger partial charge < -0.3 is 0 Å². The summed E-state index contributed by atoms with van der Waals surface area (Å²) >= 11 is 0.324. The summed E-state index contributed by atoms with van der Waals surface area (Å²) < 4.78 is 12.8. The molecule has 1 aliphatic rings. The van der Waals surface area contributed by atoms with Gasteiger partial charge in [0.25, 0.3) is 0 Å². The van der Waals surface area contributed by atoms with Gasteiger partial charge in [-0.2, -0.15) is 0 Å². The molecule has 0 aromatic heterocycles. The van der Waals surface area contributed by atoms with E-state index in [0.29, 0.717) is 32.8 Å². The predicted octanol–water partition coefficient (Wildman–Crippen LogP) is 3.79. The normalized spacial score (nSPS) is 18.7. The summed E-state index contributed by atoms with van der Waals surface area (Å²) in [5.74, 6) is 0.613. The van der Waals surface area contributed by atoms with Crippen molar-refractivity contribution >= 4 is 25.4 Å². The Labute approximate surface area is 151 Å². The predicted molar refractivity (Wildman–Crippen MR) is 98.5 cm³/mol. The molecule has 0 radical (unpaired) electrons. The number of rotatable bonds is 8. The Morgan fingerprint density at radius 3 is 2.83 bits per heavy atom. The van der Waals surface area contributed by atoms with Crippen LogP contribution in [-0.4, -0.2) is 33.6 Å². The maximum absolute atomic E-state index is 12.2. The number of benzene rings is 1. The zero-order valence-electron chi connectivity index (χ0n) is 14.7. The topological polar surface area (TPSA) is 35.5 Å². The third-order valence-corrected chi connectivity index (χ3v) is 6.48. The first-order valence-corrected chi connectivity index (χ1v) is 10.4. The Balaban J connectivity index is 2.03. The van der Waals surface area contributed by atoms with E-state index in [9.17, 15) is 4.79 Å². The summed E-state index contributed by atoms with van der Waals surface area (Å²) in [6.07, 6.45) is 6.52. The molecule has 0 N–H and O–H groups in total. The van der Waals surface area contributed by atoms with Gasteiger partial charge in [-0.3, -0.25) is 0 Å². The molecule has 0 spiro atoms. The molecule has 4 heteroatoms. The van der Waals surface area contributed by atoms with E-state index in [4.69, 9.17) is 9.47 Å². The van der Waals surface area contributed by atoms with Gasteiger partial charge in [0.1, 0.15) is 0 Å². The first-order chi connectivity index (χ1) is 11.7. The molecule has 2 unspecified atom stereocenters. The fourth-order valence-electron chi connectivity index (χ4n) is 2.67. The fraction of sp³-hybridized carbons (Fsp3) is 0.450. The minimum absolute atomic E-state index is 0.0743. The summed E-state index contributed by atoms with van der Waals surface area (Å²) in [4.78, 5) is 12.6. The molecule has 130 valence electrons. The Kier molecular flexibility index (Phi) is 7.61. The van der Waals surface area contributed by atoms with Gasteiger partial charge >= 0.3 is 151 Å². The molecular weight excluding hydrogens is 367 g/mol. The van der Waals surface area contributed by atoms with Gasteiger partial charge in [0, 0.05) is 0 Å². The second-order valence-corrected chi connectivity index (χ2v) is 8.77. The minimum atomic E-state index is -0.213. The molecule has 2 rings (SSSR count). The Bertz CT molecular complexity index is 592. The molecule has 0 fully saturated rings. The van der Waals surface area contributed by atoms with Crippen molar-refractivity contribution in [3.63, 3.8) is 0 Å². The zero-order chi connectivity index (χ0) is 17.4. The van der Waals surface area contributed by atoms with Crippen molar-refractivity contribution in [1.29, 1.82) is 0 Å². The Morgan fingerprint density at radius 2 is 2.17 bits per heavy atom. The van der Waals surface area contributed by atoms with Crippen molar-refractivity contribution in [2.24, 2.45) is 0 Å². The van der Waals surface area contributed by atoms with E-state index in [1.807, 2.05) is 26.0 Å².